The fourth-order valence-corrected chi connectivity index (χ4v) is 3.83. The molecule has 1 aliphatic rings. The summed E-state index contributed by atoms with van der Waals surface area (Å²) in [4.78, 5) is 2.72. The number of hydrogen-bond acceptors (Lipinski definition) is 1. The molecular formula is C12H17ClS. The van der Waals surface area contributed by atoms with Gasteiger partial charge in [-0.25, -0.2) is 0 Å². The minimum Gasteiger partial charge on any atom is -0.144 e. The Kier molecular flexibility index (Phi) is 2.90. The van der Waals surface area contributed by atoms with E-state index in [1.165, 1.54) is 35.4 Å². The van der Waals surface area contributed by atoms with Crippen molar-refractivity contribution in [3.05, 3.63) is 21.9 Å². The summed E-state index contributed by atoms with van der Waals surface area (Å²) in [5.41, 5.74) is 0.346. The quantitative estimate of drug-likeness (QED) is 0.631. The third kappa shape index (κ3) is 1.85. The van der Waals surface area contributed by atoms with E-state index in [0.717, 1.165) is 0 Å². The van der Waals surface area contributed by atoms with Crippen LogP contribution in [0.2, 0.25) is 0 Å². The molecule has 0 nitrogen and oxygen atoms in total. The molecule has 0 amide bonds. The van der Waals surface area contributed by atoms with E-state index in [1.54, 1.807) is 0 Å². The molecule has 0 spiro atoms. The minimum atomic E-state index is 0.226. The molecule has 1 heterocycles. The summed E-state index contributed by atoms with van der Waals surface area (Å²) in [5.74, 6) is 0. The molecular weight excluding hydrogens is 212 g/mol. The molecule has 1 atom stereocenters. The Morgan fingerprint density at radius 1 is 1.36 bits per heavy atom. The number of rotatable bonds is 2. The van der Waals surface area contributed by atoms with Crippen LogP contribution in [0.15, 0.2) is 12.1 Å². The highest BCUT2D eigenvalue weighted by Gasteiger charge is 2.37. The van der Waals surface area contributed by atoms with Gasteiger partial charge in [-0.15, -0.1) is 22.9 Å². The summed E-state index contributed by atoms with van der Waals surface area (Å²) in [5, 5.41) is 0.226. The minimum absolute atomic E-state index is 0.226. The second-order valence-corrected chi connectivity index (χ2v) is 6.43. The summed E-state index contributed by atoms with van der Waals surface area (Å²) in [6.07, 6.45) is 5.28. The zero-order chi connectivity index (χ0) is 10.2. The predicted octanol–water partition coefficient (Wildman–Crippen LogP) is 4.92. The molecule has 0 N–H and O–H groups in total. The SMILES string of the molecule is Cc1ccc(C(Cl)C2(C)CCCC2)s1. The van der Waals surface area contributed by atoms with Gasteiger partial charge in [-0.05, 0) is 37.3 Å². The largest absolute Gasteiger partial charge is 0.144 e. The van der Waals surface area contributed by atoms with E-state index < -0.39 is 0 Å². The number of thiophene rings is 1. The van der Waals surface area contributed by atoms with Crippen molar-refractivity contribution in [2.24, 2.45) is 5.41 Å². The summed E-state index contributed by atoms with van der Waals surface area (Å²) >= 11 is 8.43. The molecule has 1 aliphatic carbocycles. The molecule has 0 radical (unpaired) electrons. The Balaban J connectivity index is 2.18. The van der Waals surface area contributed by atoms with Gasteiger partial charge >= 0.3 is 0 Å². The van der Waals surface area contributed by atoms with Crippen molar-refractivity contribution < 1.29 is 0 Å². The van der Waals surface area contributed by atoms with Crippen LogP contribution in [0.4, 0.5) is 0 Å². The van der Waals surface area contributed by atoms with E-state index in [1.807, 2.05) is 11.3 Å². The van der Waals surface area contributed by atoms with Gasteiger partial charge in [0.15, 0.2) is 0 Å². The molecule has 2 rings (SSSR count). The average Bonchev–Trinajstić information content (AvgIpc) is 2.74. The first kappa shape index (κ1) is 10.5. The molecule has 0 aromatic carbocycles. The second kappa shape index (κ2) is 3.86. The highest BCUT2D eigenvalue weighted by Crippen LogP contribution is 2.51. The number of hydrogen-bond donors (Lipinski definition) is 0. The van der Waals surface area contributed by atoms with E-state index in [-0.39, 0.29) is 5.38 Å². The van der Waals surface area contributed by atoms with Crippen molar-refractivity contribution in [3.8, 4) is 0 Å². The van der Waals surface area contributed by atoms with E-state index >= 15 is 0 Å². The number of aryl methyl sites for hydroxylation is 1. The standard InChI is InChI=1S/C12H17ClS/c1-9-5-6-10(14-9)11(13)12(2)7-3-4-8-12/h5-6,11H,3-4,7-8H2,1-2H3. The molecule has 1 aromatic rings. The zero-order valence-corrected chi connectivity index (χ0v) is 10.4. The van der Waals surface area contributed by atoms with Crippen LogP contribution >= 0.6 is 22.9 Å². The molecule has 0 saturated heterocycles. The predicted molar refractivity (Wildman–Crippen MR) is 64.2 cm³/mol. The van der Waals surface area contributed by atoms with Crippen LogP contribution in [0.3, 0.4) is 0 Å². The van der Waals surface area contributed by atoms with Crippen LogP contribution < -0.4 is 0 Å². The lowest BCUT2D eigenvalue weighted by atomic mass is 9.84. The molecule has 14 heavy (non-hydrogen) atoms. The van der Waals surface area contributed by atoms with Crippen LogP contribution in [-0.2, 0) is 0 Å². The van der Waals surface area contributed by atoms with Gasteiger partial charge in [-0.1, -0.05) is 19.8 Å². The smallest absolute Gasteiger partial charge is 0.0732 e. The lowest BCUT2D eigenvalue weighted by Gasteiger charge is -2.28. The fraction of sp³-hybridized carbons (Fsp3) is 0.667. The van der Waals surface area contributed by atoms with Crippen molar-refractivity contribution in [1.82, 2.24) is 0 Å². The molecule has 1 unspecified atom stereocenters. The fourth-order valence-electron chi connectivity index (χ4n) is 2.37. The summed E-state index contributed by atoms with van der Waals surface area (Å²) in [6, 6.07) is 4.37. The van der Waals surface area contributed by atoms with Gasteiger partial charge in [0.05, 0.1) is 5.38 Å². The Morgan fingerprint density at radius 3 is 2.50 bits per heavy atom. The molecule has 78 valence electrons. The van der Waals surface area contributed by atoms with Gasteiger partial charge in [0.25, 0.3) is 0 Å². The Hall–Kier alpha value is -0.0100. The number of alkyl halides is 1. The molecule has 1 saturated carbocycles. The van der Waals surface area contributed by atoms with Crippen molar-refractivity contribution in [2.75, 3.05) is 0 Å². The van der Waals surface area contributed by atoms with E-state index in [4.69, 9.17) is 11.6 Å². The summed E-state index contributed by atoms with van der Waals surface area (Å²) in [6.45, 7) is 4.49. The number of halogens is 1. The highest BCUT2D eigenvalue weighted by atomic mass is 35.5. The first-order chi connectivity index (χ1) is 6.62. The molecule has 1 fully saturated rings. The van der Waals surface area contributed by atoms with Crippen LogP contribution in [0, 0.1) is 12.3 Å². The summed E-state index contributed by atoms with van der Waals surface area (Å²) < 4.78 is 0. The second-order valence-electron chi connectivity index (χ2n) is 4.67. The monoisotopic (exact) mass is 228 g/mol. The third-order valence-corrected chi connectivity index (χ3v) is 5.33. The maximum absolute atomic E-state index is 6.58. The maximum Gasteiger partial charge on any atom is 0.0732 e. The Morgan fingerprint density at radius 2 is 2.00 bits per heavy atom. The van der Waals surface area contributed by atoms with Crippen molar-refractivity contribution in [1.29, 1.82) is 0 Å². The highest BCUT2D eigenvalue weighted by molar-refractivity contribution is 7.12. The normalized spacial score (nSPS) is 22.5. The van der Waals surface area contributed by atoms with Gasteiger partial charge in [0.2, 0.25) is 0 Å². The van der Waals surface area contributed by atoms with Gasteiger partial charge in [-0.2, -0.15) is 0 Å². The van der Waals surface area contributed by atoms with Crippen LogP contribution in [0.5, 0.6) is 0 Å². The first-order valence-electron chi connectivity index (χ1n) is 5.32. The lowest BCUT2D eigenvalue weighted by Crippen LogP contribution is -2.16. The van der Waals surface area contributed by atoms with Crippen LogP contribution in [0.1, 0.15) is 47.7 Å². The first-order valence-corrected chi connectivity index (χ1v) is 6.57. The van der Waals surface area contributed by atoms with Crippen molar-refractivity contribution in [2.45, 2.75) is 44.9 Å². The van der Waals surface area contributed by atoms with Gasteiger partial charge in [0.1, 0.15) is 0 Å². The topological polar surface area (TPSA) is 0 Å². The Labute approximate surface area is 95.3 Å². The van der Waals surface area contributed by atoms with Crippen molar-refractivity contribution >= 4 is 22.9 Å². The molecule has 0 aliphatic heterocycles. The van der Waals surface area contributed by atoms with Crippen LogP contribution in [0.25, 0.3) is 0 Å². The lowest BCUT2D eigenvalue weighted by molar-refractivity contribution is 0.324. The average molecular weight is 229 g/mol. The Bertz CT molecular complexity index is 310. The van der Waals surface area contributed by atoms with E-state index in [0.29, 0.717) is 5.41 Å². The van der Waals surface area contributed by atoms with Crippen molar-refractivity contribution in [3.63, 3.8) is 0 Å². The van der Waals surface area contributed by atoms with Gasteiger partial charge < -0.3 is 0 Å². The van der Waals surface area contributed by atoms with Gasteiger partial charge in [0, 0.05) is 9.75 Å². The molecule has 1 aromatic heterocycles. The third-order valence-electron chi connectivity index (χ3n) is 3.37. The zero-order valence-electron chi connectivity index (χ0n) is 8.85. The summed E-state index contributed by atoms with van der Waals surface area (Å²) in [7, 11) is 0. The van der Waals surface area contributed by atoms with E-state index in [2.05, 4.69) is 26.0 Å². The molecule has 0 bridgehead atoms. The van der Waals surface area contributed by atoms with E-state index in [9.17, 15) is 0 Å². The maximum atomic E-state index is 6.58. The molecule has 2 heteroatoms. The van der Waals surface area contributed by atoms with Crippen LogP contribution in [-0.4, -0.2) is 0 Å². The van der Waals surface area contributed by atoms with Gasteiger partial charge in [-0.3, -0.25) is 0 Å².